The number of hydrogen-bond acceptors (Lipinski definition) is 3. The summed E-state index contributed by atoms with van der Waals surface area (Å²) in [5.41, 5.74) is 4.37. The molecule has 2 aliphatic rings. The Balaban J connectivity index is 2.01. The summed E-state index contributed by atoms with van der Waals surface area (Å²) in [6.07, 6.45) is 0. The topological polar surface area (TPSA) is 30.5 Å². The van der Waals surface area contributed by atoms with Crippen LogP contribution in [0.5, 0.6) is 5.75 Å². The highest BCUT2D eigenvalue weighted by Crippen LogP contribution is 2.42. The third-order valence-electron chi connectivity index (χ3n) is 3.67. The molecule has 0 spiro atoms. The molecule has 3 nitrogen and oxygen atoms in total. The fourth-order valence-electron chi connectivity index (χ4n) is 2.80. The molecule has 2 aromatic rings. The monoisotopic (exact) mass is 227 g/mol. The van der Waals surface area contributed by atoms with E-state index in [-0.39, 0.29) is 6.04 Å². The van der Waals surface area contributed by atoms with Crippen LogP contribution in [0.25, 0.3) is 10.8 Å². The van der Waals surface area contributed by atoms with Gasteiger partial charge in [0.1, 0.15) is 5.75 Å². The molecule has 4 rings (SSSR count). The molecule has 86 valence electrons. The second kappa shape index (κ2) is 3.45. The summed E-state index contributed by atoms with van der Waals surface area (Å²) in [5.74, 6) is 1.41. The number of ether oxygens (including phenoxy) is 1. The summed E-state index contributed by atoms with van der Waals surface area (Å²) in [4.78, 5) is 5.37. The van der Waals surface area contributed by atoms with Crippen molar-refractivity contribution in [3.8, 4) is 5.75 Å². The van der Waals surface area contributed by atoms with E-state index >= 15 is 0 Å². The molecule has 2 aliphatic heterocycles. The van der Waals surface area contributed by atoms with Gasteiger partial charge in [0.15, 0.2) is 0 Å². The molecule has 1 fully saturated rings. The highest BCUT2D eigenvalue weighted by atomic mass is 16.7. The molecule has 2 heterocycles. The lowest BCUT2D eigenvalue weighted by molar-refractivity contribution is 0.0863. The Morgan fingerprint density at radius 1 is 1.06 bits per heavy atom. The lowest BCUT2D eigenvalue weighted by Gasteiger charge is -2.28. The van der Waals surface area contributed by atoms with Gasteiger partial charge in [0.2, 0.25) is 0 Å². The molecular weight excluding hydrogens is 214 g/mol. The Labute approximate surface area is 99.3 Å². The number of hydroxylamine groups is 1. The smallest absolute Gasteiger partial charge is 0.124 e. The summed E-state index contributed by atoms with van der Waals surface area (Å²) in [6, 6.07) is 12.9. The van der Waals surface area contributed by atoms with Gasteiger partial charge in [0, 0.05) is 11.5 Å². The molecule has 17 heavy (non-hydrogen) atoms. The second-order valence-corrected chi connectivity index (χ2v) is 4.68. The molecule has 3 heteroatoms. The Hall–Kier alpha value is -1.58. The van der Waals surface area contributed by atoms with Crippen LogP contribution in [0.3, 0.4) is 0 Å². The second-order valence-electron chi connectivity index (χ2n) is 4.68. The van der Waals surface area contributed by atoms with Crippen molar-refractivity contribution in [1.29, 1.82) is 0 Å². The lowest BCUT2D eigenvalue weighted by atomic mass is 9.89. The van der Waals surface area contributed by atoms with Crippen molar-refractivity contribution in [2.24, 2.45) is 5.92 Å². The molecule has 0 aromatic heterocycles. The molecule has 0 saturated carbocycles. The van der Waals surface area contributed by atoms with Crippen LogP contribution in [-0.4, -0.2) is 13.2 Å². The standard InChI is InChI=1S/C14H13NO2/c1-2-4-11-9(3-1)5-6-12-13(11)14-10(7-16-12)8-17-15-14/h1-6,10,14-15H,7-8H2/t10-,14-/m1/s1. The predicted octanol–water partition coefficient (Wildman–Crippen LogP) is 2.42. The minimum atomic E-state index is 0.268. The van der Waals surface area contributed by atoms with Crippen molar-refractivity contribution < 1.29 is 9.57 Å². The maximum absolute atomic E-state index is 5.83. The fraction of sp³-hybridized carbons (Fsp3) is 0.286. The Bertz CT molecular complexity index is 581. The summed E-state index contributed by atoms with van der Waals surface area (Å²) in [5, 5.41) is 2.52. The van der Waals surface area contributed by atoms with E-state index in [1.165, 1.54) is 16.3 Å². The van der Waals surface area contributed by atoms with Crippen LogP contribution in [0.4, 0.5) is 0 Å². The molecule has 0 amide bonds. The molecule has 0 radical (unpaired) electrons. The average molecular weight is 227 g/mol. The van der Waals surface area contributed by atoms with E-state index in [4.69, 9.17) is 9.57 Å². The van der Waals surface area contributed by atoms with Crippen molar-refractivity contribution in [2.45, 2.75) is 6.04 Å². The first-order valence-electron chi connectivity index (χ1n) is 5.95. The number of benzene rings is 2. The van der Waals surface area contributed by atoms with Crippen molar-refractivity contribution >= 4 is 10.8 Å². The lowest BCUT2D eigenvalue weighted by Crippen LogP contribution is -2.28. The van der Waals surface area contributed by atoms with E-state index in [2.05, 4.69) is 41.9 Å². The molecule has 2 aromatic carbocycles. The Morgan fingerprint density at radius 3 is 3.00 bits per heavy atom. The first-order chi connectivity index (χ1) is 8.43. The molecule has 0 unspecified atom stereocenters. The zero-order valence-electron chi connectivity index (χ0n) is 9.35. The maximum Gasteiger partial charge on any atom is 0.124 e. The van der Waals surface area contributed by atoms with Crippen molar-refractivity contribution in [2.75, 3.05) is 13.2 Å². The fourth-order valence-corrected chi connectivity index (χ4v) is 2.80. The Kier molecular flexibility index (Phi) is 1.92. The Morgan fingerprint density at radius 2 is 2.00 bits per heavy atom. The minimum Gasteiger partial charge on any atom is -0.493 e. The van der Waals surface area contributed by atoms with Crippen LogP contribution in [0, 0.1) is 5.92 Å². The predicted molar refractivity (Wildman–Crippen MR) is 64.8 cm³/mol. The molecule has 0 aliphatic carbocycles. The van der Waals surface area contributed by atoms with Gasteiger partial charge >= 0.3 is 0 Å². The summed E-state index contributed by atoms with van der Waals surface area (Å²) in [6.45, 7) is 1.47. The molecular formula is C14H13NO2. The van der Waals surface area contributed by atoms with Gasteiger partial charge in [-0.15, -0.1) is 0 Å². The van der Waals surface area contributed by atoms with Gasteiger partial charge in [-0.25, -0.2) is 0 Å². The highest BCUT2D eigenvalue weighted by Gasteiger charge is 2.36. The van der Waals surface area contributed by atoms with Crippen LogP contribution >= 0.6 is 0 Å². The third-order valence-corrected chi connectivity index (χ3v) is 3.67. The number of hydrogen-bond donors (Lipinski definition) is 1. The van der Waals surface area contributed by atoms with Crippen molar-refractivity contribution in [3.63, 3.8) is 0 Å². The van der Waals surface area contributed by atoms with Gasteiger partial charge in [-0.05, 0) is 16.8 Å². The minimum absolute atomic E-state index is 0.268. The molecule has 1 N–H and O–H groups in total. The van der Waals surface area contributed by atoms with Crippen LogP contribution in [0.2, 0.25) is 0 Å². The zero-order chi connectivity index (χ0) is 11.2. The van der Waals surface area contributed by atoms with Crippen molar-refractivity contribution in [1.82, 2.24) is 5.48 Å². The van der Waals surface area contributed by atoms with Gasteiger partial charge in [-0.2, -0.15) is 5.48 Å². The van der Waals surface area contributed by atoms with Crippen LogP contribution < -0.4 is 10.2 Å². The maximum atomic E-state index is 5.83. The SMILES string of the molecule is c1ccc2c3c(ccc2c1)OC[C@@H]1CON[C@@H]31. The zero-order valence-corrected chi connectivity index (χ0v) is 9.35. The first kappa shape index (κ1) is 9.45. The number of rotatable bonds is 0. The van der Waals surface area contributed by atoms with E-state index in [1.807, 2.05) is 0 Å². The van der Waals surface area contributed by atoms with Crippen molar-refractivity contribution in [3.05, 3.63) is 42.0 Å². The summed E-state index contributed by atoms with van der Waals surface area (Å²) < 4.78 is 5.83. The van der Waals surface area contributed by atoms with Gasteiger partial charge < -0.3 is 9.57 Å². The van der Waals surface area contributed by atoms with Crippen LogP contribution in [-0.2, 0) is 4.84 Å². The normalized spacial score (nSPS) is 26.4. The largest absolute Gasteiger partial charge is 0.493 e. The van der Waals surface area contributed by atoms with E-state index in [0.29, 0.717) is 5.92 Å². The molecule has 2 atom stereocenters. The van der Waals surface area contributed by atoms with Gasteiger partial charge in [-0.1, -0.05) is 30.3 Å². The third kappa shape index (κ3) is 1.30. The van der Waals surface area contributed by atoms with Gasteiger partial charge in [-0.3, -0.25) is 0 Å². The molecule has 1 saturated heterocycles. The van der Waals surface area contributed by atoms with E-state index in [9.17, 15) is 0 Å². The number of nitrogens with one attached hydrogen (secondary N) is 1. The van der Waals surface area contributed by atoms with Crippen LogP contribution in [0.1, 0.15) is 11.6 Å². The van der Waals surface area contributed by atoms with Gasteiger partial charge in [0.25, 0.3) is 0 Å². The average Bonchev–Trinajstić information content (AvgIpc) is 2.86. The summed E-state index contributed by atoms with van der Waals surface area (Å²) >= 11 is 0. The van der Waals surface area contributed by atoms with Gasteiger partial charge in [0.05, 0.1) is 19.3 Å². The van der Waals surface area contributed by atoms with E-state index in [1.54, 1.807) is 0 Å². The summed E-state index contributed by atoms with van der Waals surface area (Å²) in [7, 11) is 0. The van der Waals surface area contributed by atoms with Crippen LogP contribution in [0.15, 0.2) is 36.4 Å². The highest BCUT2D eigenvalue weighted by molar-refractivity contribution is 5.88. The van der Waals surface area contributed by atoms with E-state index < -0.39 is 0 Å². The number of fused-ring (bicyclic) bond motifs is 5. The quantitative estimate of drug-likeness (QED) is 0.749. The van der Waals surface area contributed by atoms with E-state index in [0.717, 1.165) is 19.0 Å². The first-order valence-corrected chi connectivity index (χ1v) is 5.95. The molecule has 0 bridgehead atoms.